The smallest absolute Gasteiger partial charge is 0.227 e. The average Bonchev–Trinajstić information content (AvgIpc) is 2.62. The molecule has 1 unspecified atom stereocenters. The topological polar surface area (TPSA) is 82.5 Å². The van der Waals surface area contributed by atoms with Crippen molar-refractivity contribution < 1.29 is 15.0 Å². The van der Waals surface area contributed by atoms with E-state index in [1.165, 1.54) is 11.8 Å². The Morgan fingerprint density at radius 3 is 2.42 bits per heavy atom. The lowest BCUT2D eigenvalue weighted by Gasteiger charge is -2.16. The third kappa shape index (κ3) is 4.82. The summed E-state index contributed by atoms with van der Waals surface area (Å²) in [6, 6.07) is 8.13. The Kier molecular flexibility index (Phi) is 6.75. The number of aliphatic hydroxyl groups excluding tert-OH is 1. The van der Waals surface area contributed by atoms with Gasteiger partial charge in [0.25, 0.3) is 0 Å². The summed E-state index contributed by atoms with van der Waals surface area (Å²) in [5.74, 6) is 0.187. The predicted molar refractivity (Wildman–Crippen MR) is 102 cm³/mol. The number of nitrogens with zero attached hydrogens (tertiary/aromatic N) is 1. The minimum Gasteiger partial charge on any atom is -0.506 e. The van der Waals surface area contributed by atoms with Gasteiger partial charge in [0.05, 0.1) is 18.2 Å². The number of amides is 1. The van der Waals surface area contributed by atoms with Gasteiger partial charge < -0.3 is 15.5 Å². The van der Waals surface area contributed by atoms with Crippen molar-refractivity contribution in [2.75, 3.05) is 0 Å². The minimum absolute atomic E-state index is 0.0162. The number of aromatic nitrogens is 1. The number of aliphatic hydroxyl groups is 1. The maximum Gasteiger partial charge on any atom is 0.227 e. The van der Waals surface area contributed by atoms with Crippen molar-refractivity contribution in [2.45, 2.75) is 53.2 Å². The molecule has 0 saturated carbocycles. The molecule has 0 radical (unpaired) electrons. The largest absolute Gasteiger partial charge is 0.506 e. The molecule has 26 heavy (non-hydrogen) atoms. The molecule has 1 aromatic heterocycles. The van der Waals surface area contributed by atoms with Crippen LogP contribution in [0.25, 0.3) is 0 Å². The van der Waals surface area contributed by atoms with Crippen LogP contribution in [0.2, 0.25) is 0 Å². The molecular formula is C21H28N2O3. The number of carbonyl (C=O) groups is 1. The fraction of sp³-hybridized carbons (Fsp3) is 0.429. The van der Waals surface area contributed by atoms with Crippen molar-refractivity contribution >= 4 is 5.91 Å². The normalized spacial score (nSPS) is 12.2. The highest BCUT2D eigenvalue weighted by Gasteiger charge is 2.17. The van der Waals surface area contributed by atoms with Gasteiger partial charge >= 0.3 is 0 Å². The Hall–Kier alpha value is -2.40. The fourth-order valence-corrected chi connectivity index (χ4v) is 2.91. The summed E-state index contributed by atoms with van der Waals surface area (Å²) in [5, 5.41) is 22.4. The highest BCUT2D eigenvalue weighted by Crippen LogP contribution is 2.24. The third-order valence-electron chi connectivity index (χ3n) is 4.56. The molecule has 140 valence electrons. The summed E-state index contributed by atoms with van der Waals surface area (Å²) in [7, 11) is 0. The number of hydrogen-bond acceptors (Lipinski definition) is 4. The summed E-state index contributed by atoms with van der Waals surface area (Å²) in [6.45, 7) is 7.82. The van der Waals surface area contributed by atoms with Crippen LogP contribution < -0.4 is 5.32 Å². The molecule has 0 aliphatic carbocycles. The Balaban J connectivity index is 2.05. The number of nitrogens with one attached hydrogen (secondary N) is 1. The van der Waals surface area contributed by atoms with E-state index in [9.17, 15) is 15.0 Å². The number of rotatable bonds is 7. The van der Waals surface area contributed by atoms with Crippen LogP contribution in [0.3, 0.4) is 0 Å². The standard InChI is InChI=1S/C21H28N2O3/c1-13(2)9-16-5-7-17(8-6-16)14(3)21(26)23-11-19-18(12-24)10-22-15(4)20(19)25/h5-8,10,13-14,24-25H,9,11-12H2,1-4H3,(H,23,26). The average molecular weight is 356 g/mol. The van der Waals surface area contributed by atoms with Gasteiger partial charge in [-0.1, -0.05) is 38.1 Å². The van der Waals surface area contributed by atoms with E-state index in [-0.39, 0.29) is 30.7 Å². The first-order chi connectivity index (χ1) is 12.3. The number of carbonyl (C=O) groups excluding carboxylic acids is 1. The predicted octanol–water partition coefficient (Wildman–Crippen LogP) is 3.21. The van der Waals surface area contributed by atoms with Gasteiger partial charge in [0.2, 0.25) is 5.91 Å². The number of aromatic hydroxyl groups is 1. The highest BCUT2D eigenvalue weighted by atomic mass is 16.3. The fourth-order valence-electron chi connectivity index (χ4n) is 2.91. The first-order valence-electron chi connectivity index (χ1n) is 8.97. The molecule has 5 heteroatoms. The van der Waals surface area contributed by atoms with E-state index in [0.29, 0.717) is 22.7 Å². The summed E-state index contributed by atoms with van der Waals surface area (Å²) >= 11 is 0. The molecule has 0 aliphatic heterocycles. The van der Waals surface area contributed by atoms with Gasteiger partial charge in [0, 0.05) is 23.9 Å². The summed E-state index contributed by atoms with van der Waals surface area (Å²) < 4.78 is 0. The lowest BCUT2D eigenvalue weighted by Crippen LogP contribution is -2.28. The molecule has 1 amide bonds. The van der Waals surface area contributed by atoms with E-state index in [1.54, 1.807) is 6.92 Å². The van der Waals surface area contributed by atoms with E-state index < -0.39 is 0 Å². The molecule has 2 rings (SSSR count). The Morgan fingerprint density at radius 1 is 1.19 bits per heavy atom. The van der Waals surface area contributed by atoms with Gasteiger partial charge in [-0.3, -0.25) is 9.78 Å². The number of pyridine rings is 1. The molecule has 0 spiro atoms. The highest BCUT2D eigenvalue weighted by molar-refractivity contribution is 5.83. The lowest BCUT2D eigenvalue weighted by molar-refractivity contribution is -0.122. The molecule has 1 heterocycles. The maximum atomic E-state index is 12.5. The molecule has 0 aliphatic rings. The first-order valence-corrected chi connectivity index (χ1v) is 8.97. The van der Waals surface area contributed by atoms with Crippen molar-refractivity contribution in [1.29, 1.82) is 0 Å². The zero-order valence-electron chi connectivity index (χ0n) is 15.9. The van der Waals surface area contributed by atoms with Crippen molar-refractivity contribution in [2.24, 2.45) is 5.92 Å². The van der Waals surface area contributed by atoms with Gasteiger partial charge in [0.15, 0.2) is 0 Å². The molecule has 0 saturated heterocycles. The molecule has 2 aromatic rings. The van der Waals surface area contributed by atoms with Gasteiger partial charge in [-0.25, -0.2) is 0 Å². The first kappa shape index (κ1) is 19.9. The molecule has 3 N–H and O–H groups in total. The quantitative estimate of drug-likeness (QED) is 0.711. The number of benzene rings is 1. The lowest BCUT2D eigenvalue weighted by atomic mass is 9.96. The van der Waals surface area contributed by atoms with Gasteiger partial charge in [-0.15, -0.1) is 0 Å². The second-order valence-electron chi connectivity index (χ2n) is 7.13. The molecule has 0 fully saturated rings. The summed E-state index contributed by atoms with van der Waals surface area (Å²) in [4.78, 5) is 16.5. The number of aryl methyl sites for hydroxylation is 1. The third-order valence-corrected chi connectivity index (χ3v) is 4.56. The van der Waals surface area contributed by atoms with Gasteiger partial charge in [-0.2, -0.15) is 0 Å². The van der Waals surface area contributed by atoms with E-state index in [1.807, 2.05) is 19.1 Å². The number of hydrogen-bond donors (Lipinski definition) is 3. The van der Waals surface area contributed by atoms with Gasteiger partial charge in [-0.05, 0) is 37.3 Å². The van der Waals surface area contributed by atoms with Crippen LogP contribution in [-0.2, 0) is 24.4 Å². The van der Waals surface area contributed by atoms with Crippen LogP contribution >= 0.6 is 0 Å². The zero-order valence-corrected chi connectivity index (χ0v) is 15.9. The van der Waals surface area contributed by atoms with Crippen LogP contribution in [0.5, 0.6) is 5.75 Å². The van der Waals surface area contributed by atoms with Crippen molar-refractivity contribution in [3.05, 3.63) is 58.4 Å². The Morgan fingerprint density at radius 2 is 1.85 bits per heavy atom. The van der Waals surface area contributed by atoms with Crippen molar-refractivity contribution in [3.63, 3.8) is 0 Å². The molecular weight excluding hydrogens is 328 g/mol. The molecule has 1 aromatic carbocycles. The van der Waals surface area contributed by atoms with Crippen molar-refractivity contribution in [3.8, 4) is 5.75 Å². The summed E-state index contributed by atoms with van der Waals surface area (Å²) in [5.41, 5.74) is 3.71. The SMILES string of the molecule is Cc1ncc(CO)c(CNC(=O)C(C)c2ccc(CC(C)C)cc2)c1O. The van der Waals surface area contributed by atoms with Crippen LogP contribution in [0.1, 0.15) is 54.6 Å². The summed E-state index contributed by atoms with van der Waals surface area (Å²) in [6.07, 6.45) is 2.54. The van der Waals surface area contributed by atoms with E-state index in [2.05, 4.69) is 36.3 Å². The second kappa shape index (κ2) is 8.81. The van der Waals surface area contributed by atoms with Crippen LogP contribution in [0.15, 0.2) is 30.5 Å². The monoisotopic (exact) mass is 356 g/mol. The molecule has 1 atom stereocenters. The zero-order chi connectivity index (χ0) is 19.3. The maximum absolute atomic E-state index is 12.5. The van der Waals surface area contributed by atoms with Crippen LogP contribution in [0, 0.1) is 12.8 Å². The Labute approximate surface area is 155 Å². The minimum atomic E-state index is -0.300. The van der Waals surface area contributed by atoms with E-state index in [0.717, 1.165) is 12.0 Å². The van der Waals surface area contributed by atoms with E-state index >= 15 is 0 Å². The Bertz CT molecular complexity index is 755. The van der Waals surface area contributed by atoms with E-state index in [4.69, 9.17) is 0 Å². The van der Waals surface area contributed by atoms with Crippen LogP contribution in [-0.4, -0.2) is 21.1 Å². The van der Waals surface area contributed by atoms with Crippen LogP contribution in [0.4, 0.5) is 0 Å². The molecule has 0 bridgehead atoms. The van der Waals surface area contributed by atoms with Crippen molar-refractivity contribution in [1.82, 2.24) is 10.3 Å². The molecule has 5 nitrogen and oxygen atoms in total. The van der Waals surface area contributed by atoms with Gasteiger partial charge in [0.1, 0.15) is 5.75 Å². The second-order valence-corrected chi connectivity index (χ2v) is 7.13.